The van der Waals surface area contributed by atoms with E-state index in [1.54, 1.807) is 0 Å². The first-order valence-corrected chi connectivity index (χ1v) is 10.5. The van der Waals surface area contributed by atoms with Crippen molar-refractivity contribution in [3.63, 3.8) is 0 Å². The SMILES string of the molecule is Cc1ccccc1C(=O)N1CCCC(COc2ccc(C(=O)NC3CC3)cc2)C1. The Balaban J connectivity index is 1.30. The Kier molecular flexibility index (Phi) is 5.84. The van der Waals surface area contributed by atoms with E-state index in [-0.39, 0.29) is 11.8 Å². The summed E-state index contributed by atoms with van der Waals surface area (Å²) in [4.78, 5) is 26.9. The predicted octanol–water partition coefficient (Wildman–Crippen LogP) is 3.82. The van der Waals surface area contributed by atoms with Gasteiger partial charge in [-0.2, -0.15) is 0 Å². The van der Waals surface area contributed by atoms with Gasteiger partial charge in [0.15, 0.2) is 0 Å². The number of hydrogen-bond donors (Lipinski definition) is 1. The maximum Gasteiger partial charge on any atom is 0.254 e. The van der Waals surface area contributed by atoms with E-state index < -0.39 is 0 Å². The van der Waals surface area contributed by atoms with Crippen molar-refractivity contribution in [1.29, 1.82) is 0 Å². The summed E-state index contributed by atoms with van der Waals surface area (Å²) in [5, 5.41) is 2.99. The van der Waals surface area contributed by atoms with Crippen molar-refractivity contribution < 1.29 is 14.3 Å². The Morgan fingerprint density at radius 1 is 1.07 bits per heavy atom. The first-order valence-electron chi connectivity index (χ1n) is 10.5. The standard InChI is InChI=1S/C24H28N2O3/c1-17-5-2-3-7-22(17)24(28)26-14-4-6-18(15-26)16-29-21-12-8-19(9-13-21)23(27)25-20-10-11-20/h2-3,5,7-9,12-13,18,20H,4,6,10-11,14-16H2,1H3,(H,25,27). The number of rotatable bonds is 6. The van der Waals surface area contributed by atoms with Crippen molar-refractivity contribution in [3.8, 4) is 5.75 Å². The molecule has 1 aliphatic heterocycles. The van der Waals surface area contributed by atoms with Gasteiger partial charge in [0.2, 0.25) is 0 Å². The molecule has 0 bridgehead atoms. The van der Waals surface area contributed by atoms with Gasteiger partial charge in [0, 0.05) is 36.2 Å². The Morgan fingerprint density at radius 3 is 2.55 bits per heavy atom. The third-order valence-electron chi connectivity index (χ3n) is 5.70. The zero-order chi connectivity index (χ0) is 20.2. The van der Waals surface area contributed by atoms with Gasteiger partial charge < -0.3 is 15.0 Å². The number of aryl methyl sites for hydroxylation is 1. The van der Waals surface area contributed by atoms with Crippen molar-refractivity contribution in [3.05, 3.63) is 65.2 Å². The Bertz CT molecular complexity index is 874. The average Bonchev–Trinajstić information content (AvgIpc) is 3.57. The summed E-state index contributed by atoms with van der Waals surface area (Å²) < 4.78 is 5.96. The van der Waals surface area contributed by atoms with E-state index in [4.69, 9.17) is 4.74 Å². The number of nitrogens with zero attached hydrogens (tertiary/aromatic N) is 1. The number of carbonyl (C=O) groups excluding carboxylic acids is 2. The van der Waals surface area contributed by atoms with Gasteiger partial charge in [-0.05, 0) is 68.5 Å². The summed E-state index contributed by atoms with van der Waals surface area (Å²) in [6.45, 7) is 4.07. The van der Waals surface area contributed by atoms with Crippen LogP contribution in [0.5, 0.6) is 5.75 Å². The molecule has 1 atom stereocenters. The second-order valence-electron chi connectivity index (χ2n) is 8.16. The minimum atomic E-state index is -0.0170. The highest BCUT2D eigenvalue weighted by Gasteiger charge is 2.26. The third-order valence-corrected chi connectivity index (χ3v) is 5.70. The lowest BCUT2D eigenvalue weighted by Crippen LogP contribution is -2.41. The molecule has 5 heteroatoms. The second kappa shape index (κ2) is 8.68. The van der Waals surface area contributed by atoms with Crippen LogP contribution >= 0.6 is 0 Å². The molecule has 2 amide bonds. The lowest BCUT2D eigenvalue weighted by Gasteiger charge is -2.33. The van der Waals surface area contributed by atoms with E-state index in [9.17, 15) is 9.59 Å². The fourth-order valence-electron chi connectivity index (χ4n) is 3.78. The van der Waals surface area contributed by atoms with Gasteiger partial charge in [0.05, 0.1) is 6.61 Å². The molecule has 1 N–H and O–H groups in total. The molecule has 1 saturated carbocycles. The zero-order valence-electron chi connectivity index (χ0n) is 16.9. The molecular formula is C24H28N2O3. The minimum absolute atomic E-state index is 0.0170. The predicted molar refractivity (Wildman–Crippen MR) is 112 cm³/mol. The van der Waals surface area contributed by atoms with Gasteiger partial charge in [-0.1, -0.05) is 18.2 Å². The number of carbonyl (C=O) groups is 2. The largest absolute Gasteiger partial charge is 0.493 e. The highest BCUT2D eigenvalue weighted by atomic mass is 16.5. The topological polar surface area (TPSA) is 58.6 Å². The van der Waals surface area contributed by atoms with Crippen LogP contribution in [0.2, 0.25) is 0 Å². The summed E-state index contributed by atoms with van der Waals surface area (Å²) in [5.74, 6) is 1.17. The number of benzene rings is 2. The molecule has 5 nitrogen and oxygen atoms in total. The van der Waals surface area contributed by atoms with Crippen LogP contribution in [-0.2, 0) is 0 Å². The molecule has 1 unspecified atom stereocenters. The van der Waals surface area contributed by atoms with Gasteiger partial charge in [0.25, 0.3) is 11.8 Å². The van der Waals surface area contributed by atoms with Crippen molar-refractivity contribution in [2.75, 3.05) is 19.7 Å². The normalized spacial score (nSPS) is 18.9. The van der Waals surface area contributed by atoms with E-state index in [0.717, 1.165) is 55.6 Å². The Hall–Kier alpha value is -2.82. The number of nitrogens with one attached hydrogen (secondary N) is 1. The van der Waals surface area contributed by atoms with Crippen molar-refractivity contribution in [2.45, 2.75) is 38.6 Å². The van der Waals surface area contributed by atoms with E-state index in [2.05, 4.69) is 5.32 Å². The van der Waals surface area contributed by atoms with Crippen LogP contribution in [0, 0.1) is 12.8 Å². The summed E-state index contributed by atoms with van der Waals surface area (Å²) in [5.41, 5.74) is 2.47. The van der Waals surface area contributed by atoms with E-state index >= 15 is 0 Å². The van der Waals surface area contributed by atoms with Crippen LogP contribution in [0.15, 0.2) is 48.5 Å². The molecule has 2 aromatic rings. The molecule has 4 rings (SSSR count). The number of hydrogen-bond acceptors (Lipinski definition) is 3. The molecule has 152 valence electrons. The molecule has 2 aromatic carbocycles. The summed E-state index contributed by atoms with van der Waals surface area (Å²) in [6, 6.07) is 15.4. The van der Waals surface area contributed by atoms with Crippen LogP contribution in [-0.4, -0.2) is 42.5 Å². The monoisotopic (exact) mass is 392 g/mol. The molecule has 2 aliphatic rings. The molecule has 0 spiro atoms. The van der Waals surface area contributed by atoms with E-state index in [1.165, 1.54) is 0 Å². The number of amides is 2. The number of likely N-dealkylation sites (tertiary alicyclic amines) is 1. The van der Waals surface area contributed by atoms with Gasteiger partial charge >= 0.3 is 0 Å². The quantitative estimate of drug-likeness (QED) is 0.813. The van der Waals surface area contributed by atoms with Gasteiger partial charge in [0.1, 0.15) is 5.75 Å². The molecule has 0 radical (unpaired) electrons. The first-order chi connectivity index (χ1) is 14.1. The van der Waals surface area contributed by atoms with Crippen LogP contribution in [0.4, 0.5) is 0 Å². The molecular weight excluding hydrogens is 364 g/mol. The summed E-state index contributed by atoms with van der Waals surface area (Å²) in [7, 11) is 0. The highest BCUT2D eigenvalue weighted by molar-refractivity contribution is 5.95. The average molecular weight is 392 g/mol. The molecule has 0 aromatic heterocycles. The molecule has 29 heavy (non-hydrogen) atoms. The summed E-state index contributed by atoms with van der Waals surface area (Å²) >= 11 is 0. The minimum Gasteiger partial charge on any atom is -0.493 e. The first kappa shape index (κ1) is 19.5. The maximum absolute atomic E-state index is 12.9. The number of ether oxygens (including phenoxy) is 1. The highest BCUT2D eigenvalue weighted by Crippen LogP contribution is 2.22. The van der Waals surface area contributed by atoms with Gasteiger partial charge in [-0.3, -0.25) is 9.59 Å². The molecule has 1 heterocycles. The second-order valence-corrected chi connectivity index (χ2v) is 8.16. The number of piperidine rings is 1. The lowest BCUT2D eigenvalue weighted by atomic mass is 9.97. The van der Waals surface area contributed by atoms with Crippen LogP contribution in [0.25, 0.3) is 0 Å². The Labute approximate surface area is 172 Å². The maximum atomic E-state index is 12.9. The van der Waals surface area contributed by atoms with Crippen molar-refractivity contribution in [2.24, 2.45) is 5.92 Å². The fraction of sp³-hybridized carbons (Fsp3) is 0.417. The smallest absolute Gasteiger partial charge is 0.254 e. The molecule has 1 saturated heterocycles. The molecule has 1 aliphatic carbocycles. The summed E-state index contributed by atoms with van der Waals surface area (Å²) in [6.07, 6.45) is 4.21. The van der Waals surface area contributed by atoms with Crippen LogP contribution in [0.3, 0.4) is 0 Å². The van der Waals surface area contributed by atoms with Crippen LogP contribution in [0.1, 0.15) is 52.0 Å². The van der Waals surface area contributed by atoms with E-state index in [0.29, 0.717) is 24.1 Å². The Morgan fingerprint density at radius 2 is 1.83 bits per heavy atom. The van der Waals surface area contributed by atoms with Crippen LogP contribution < -0.4 is 10.1 Å². The zero-order valence-corrected chi connectivity index (χ0v) is 16.9. The van der Waals surface area contributed by atoms with E-state index in [1.807, 2.05) is 60.4 Å². The lowest BCUT2D eigenvalue weighted by molar-refractivity contribution is 0.0632. The van der Waals surface area contributed by atoms with Crippen molar-refractivity contribution >= 4 is 11.8 Å². The third kappa shape index (κ3) is 4.97. The fourth-order valence-corrected chi connectivity index (χ4v) is 3.78. The van der Waals surface area contributed by atoms with Gasteiger partial charge in [-0.15, -0.1) is 0 Å². The van der Waals surface area contributed by atoms with Crippen molar-refractivity contribution in [1.82, 2.24) is 10.2 Å². The molecule has 2 fully saturated rings. The van der Waals surface area contributed by atoms with Gasteiger partial charge in [-0.25, -0.2) is 0 Å².